The maximum atomic E-state index is 13.5. The van der Waals surface area contributed by atoms with Gasteiger partial charge >= 0.3 is 0 Å². The molecule has 5 heteroatoms. The molecule has 0 fully saturated rings. The lowest BCUT2D eigenvalue weighted by molar-refractivity contribution is 0.103. The second kappa shape index (κ2) is 4.17. The fourth-order valence-electron chi connectivity index (χ4n) is 1.37. The van der Waals surface area contributed by atoms with Crippen LogP contribution in [-0.2, 0) is 7.05 Å². The summed E-state index contributed by atoms with van der Waals surface area (Å²) >= 11 is 3.14. The van der Waals surface area contributed by atoms with Crippen molar-refractivity contribution < 1.29 is 9.18 Å². The van der Waals surface area contributed by atoms with E-state index in [0.717, 1.165) is 0 Å². The van der Waals surface area contributed by atoms with Crippen molar-refractivity contribution in [1.29, 1.82) is 0 Å². The topological polar surface area (TPSA) is 34.9 Å². The Bertz CT molecular complexity index is 551. The van der Waals surface area contributed by atoms with Crippen LogP contribution in [0.5, 0.6) is 0 Å². The minimum atomic E-state index is -0.539. The van der Waals surface area contributed by atoms with Gasteiger partial charge in [-0.25, -0.2) is 4.39 Å². The summed E-state index contributed by atoms with van der Waals surface area (Å²) in [5.41, 5.74) is 0.430. The monoisotopic (exact) mass is 282 g/mol. The average Bonchev–Trinajstić information content (AvgIpc) is 2.64. The van der Waals surface area contributed by atoms with E-state index in [9.17, 15) is 9.18 Å². The molecule has 1 aromatic carbocycles. The number of rotatable bonds is 2. The van der Waals surface area contributed by atoms with Crippen LogP contribution < -0.4 is 0 Å². The zero-order valence-corrected chi connectivity index (χ0v) is 10.0. The minimum Gasteiger partial charge on any atom is -0.288 e. The zero-order chi connectivity index (χ0) is 11.7. The summed E-state index contributed by atoms with van der Waals surface area (Å²) in [6.07, 6.45) is 2.98. The molecule has 2 aromatic rings. The maximum Gasteiger partial charge on any atom is 0.199 e. The molecule has 3 nitrogen and oxygen atoms in total. The van der Waals surface area contributed by atoms with E-state index in [2.05, 4.69) is 21.0 Å². The maximum absolute atomic E-state index is 13.5. The van der Waals surface area contributed by atoms with Gasteiger partial charge in [0.05, 0.1) is 17.3 Å². The van der Waals surface area contributed by atoms with Crippen LogP contribution in [0.1, 0.15) is 15.9 Å². The highest BCUT2D eigenvalue weighted by atomic mass is 79.9. The number of carbonyl (C=O) groups is 1. The summed E-state index contributed by atoms with van der Waals surface area (Å²) in [5.74, 6) is -0.902. The highest BCUT2D eigenvalue weighted by Crippen LogP contribution is 2.18. The predicted octanol–water partition coefficient (Wildman–Crippen LogP) is 2.55. The molecule has 0 radical (unpaired) electrons. The summed E-state index contributed by atoms with van der Waals surface area (Å²) in [5, 5.41) is 3.87. The Morgan fingerprint density at radius 3 is 2.81 bits per heavy atom. The summed E-state index contributed by atoms with van der Waals surface area (Å²) in [6, 6.07) is 4.35. The van der Waals surface area contributed by atoms with Crippen LogP contribution in [0.15, 0.2) is 35.1 Å². The van der Waals surface area contributed by atoms with Crippen molar-refractivity contribution in [1.82, 2.24) is 9.78 Å². The van der Waals surface area contributed by atoms with E-state index in [1.54, 1.807) is 19.3 Å². The molecule has 0 aliphatic rings. The highest BCUT2D eigenvalue weighted by Gasteiger charge is 2.15. The summed E-state index contributed by atoms with van der Waals surface area (Å²) in [4.78, 5) is 11.9. The number of nitrogens with zero attached hydrogens (tertiary/aromatic N) is 2. The number of aryl methyl sites for hydroxylation is 1. The van der Waals surface area contributed by atoms with E-state index in [1.165, 1.54) is 23.0 Å². The molecule has 16 heavy (non-hydrogen) atoms. The second-order valence-electron chi connectivity index (χ2n) is 3.36. The lowest BCUT2D eigenvalue weighted by Gasteiger charge is -2.00. The fraction of sp³-hybridized carbons (Fsp3) is 0.0909. The molecule has 0 aliphatic heterocycles. The van der Waals surface area contributed by atoms with Gasteiger partial charge in [0.25, 0.3) is 0 Å². The van der Waals surface area contributed by atoms with Gasteiger partial charge in [0.2, 0.25) is 0 Å². The van der Waals surface area contributed by atoms with Crippen LogP contribution >= 0.6 is 15.9 Å². The molecule has 82 valence electrons. The first-order chi connectivity index (χ1) is 7.58. The molecule has 0 atom stereocenters. The van der Waals surface area contributed by atoms with Crippen molar-refractivity contribution in [2.75, 3.05) is 0 Å². The minimum absolute atomic E-state index is 0.0520. The molecule has 0 spiro atoms. The Kier molecular flexibility index (Phi) is 2.87. The van der Waals surface area contributed by atoms with E-state index in [4.69, 9.17) is 0 Å². The Balaban J connectivity index is 2.41. The number of ketones is 1. The normalized spacial score (nSPS) is 10.4. The fourth-order valence-corrected chi connectivity index (χ4v) is 1.70. The van der Waals surface area contributed by atoms with Crippen molar-refractivity contribution in [2.24, 2.45) is 7.05 Å². The molecule has 0 aliphatic carbocycles. The quantitative estimate of drug-likeness (QED) is 0.794. The van der Waals surface area contributed by atoms with Gasteiger partial charge in [0.15, 0.2) is 5.78 Å². The molecule has 2 rings (SSSR count). The Hall–Kier alpha value is -1.49. The molecule has 1 heterocycles. The number of halogens is 2. The van der Waals surface area contributed by atoms with Gasteiger partial charge in [-0.05, 0) is 18.2 Å². The van der Waals surface area contributed by atoms with Gasteiger partial charge in [-0.3, -0.25) is 9.48 Å². The predicted molar refractivity (Wildman–Crippen MR) is 60.7 cm³/mol. The molecule has 0 saturated carbocycles. The number of hydrogen-bond acceptors (Lipinski definition) is 2. The Morgan fingerprint density at radius 2 is 2.25 bits per heavy atom. The molecular weight excluding hydrogens is 275 g/mol. The summed E-state index contributed by atoms with van der Waals surface area (Å²) in [6.45, 7) is 0. The van der Waals surface area contributed by atoms with Crippen molar-refractivity contribution in [3.05, 3.63) is 52.0 Å². The van der Waals surface area contributed by atoms with E-state index in [0.29, 0.717) is 10.0 Å². The third-order valence-corrected chi connectivity index (χ3v) is 2.64. The SMILES string of the molecule is Cn1cc(C(=O)c2ccc(Br)cc2F)cn1. The van der Waals surface area contributed by atoms with Gasteiger partial charge in [0, 0.05) is 17.7 Å². The van der Waals surface area contributed by atoms with Crippen LogP contribution in [0.25, 0.3) is 0 Å². The van der Waals surface area contributed by atoms with Gasteiger partial charge < -0.3 is 0 Å². The first-order valence-electron chi connectivity index (χ1n) is 4.56. The lowest BCUT2D eigenvalue weighted by atomic mass is 10.1. The van der Waals surface area contributed by atoms with Gasteiger partial charge in [0.1, 0.15) is 5.82 Å². The van der Waals surface area contributed by atoms with E-state index in [-0.39, 0.29) is 11.3 Å². The smallest absolute Gasteiger partial charge is 0.199 e. The summed E-state index contributed by atoms with van der Waals surface area (Å²) in [7, 11) is 1.70. The van der Waals surface area contributed by atoms with Crippen LogP contribution in [0, 0.1) is 5.82 Å². The molecule has 1 aromatic heterocycles. The van der Waals surface area contributed by atoms with Crippen LogP contribution in [0.2, 0.25) is 0 Å². The van der Waals surface area contributed by atoms with Crippen LogP contribution in [0.3, 0.4) is 0 Å². The van der Waals surface area contributed by atoms with Crippen LogP contribution in [0.4, 0.5) is 4.39 Å². The van der Waals surface area contributed by atoms with E-state index in [1.807, 2.05) is 0 Å². The highest BCUT2D eigenvalue weighted by molar-refractivity contribution is 9.10. The van der Waals surface area contributed by atoms with Crippen LogP contribution in [-0.4, -0.2) is 15.6 Å². The molecular formula is C11H8BrFN2O. The van der Waals surface area contributed by atoms with Gasteiger partial charge in [-0.1, -0.05) is 15.9 Å². The number of carbonyl (C=O) groups excluding carboxylic acids is 1. The van der Waals surface area contributed by atoms with Crippen molar-refractivity contribution in [3.8, 4) is 0 Å². The van der Waals surface area contributed by atoms with Crippen molar-refractivity contribution in [2.45, 2.75) is 0 Å². The van der Waals surface area contributed by atoms with Crippen molar-refractivity contribution >= 4 is 21.7 Å². The molecule has 0 bridgehead atoms. The average molecular weight is 283 g/mol. The number of benzene rings is 1. The molecule has 0 unspecified atom stereocenters. The standard InChI is InChI=1S/C11H8BrFN2O/c1-15-6-7(5-14-15)11(16)9-3-2-8(12)4-10(9)13/h2-6H,1H3. The molecule has 0 N–H and O–H groups in total. The molecule has 0 amide bonds. The third-order valence-electron chi connectivity index (χ3n) is 2.14. The Labute approximate surface area is 100 Å². The van der Waals surface area contributed by atoms with E-state index >= 15 is 0 Å². The second-order valence-corrected chi connectivity index (χ2v) is 4.27. The number of hydrogen-bond donors (Lipinski definition) is 0. The van der Waals surface area contributed by atoms with Gasteiger partial charge in [-0.15, -0.1) is 0 Å². The van der Waals surface area contributed by atoms with E-state index < -0.39 is 5.82 Å². The largest absolute Gasteiger partial charge is 0.288 e. The first kappa shape index (κ1) is 11.0. The summed E-state index contributed by atoms with van der Waals surface area (Å²) < 4.78 is 15.6. The molecule has 0 saturated heterocycles. The zero-order valence-electron chi connectivity index (χ0n) is 8.45. The van der Waals surface area contributed by atoms with Gasteiger partial charge in [-0.2, -0.15) is 5.10 Å². The third kappa shape index (κ3) is 2.04. The number of aromatic nitrogens is 2. The Morgan fingerprint density at radius 1 is 1.50 bits per heavy atom. The first-order valence-corrected chi connectivity index (χ1v) is 5.35. The lowest BCUT2D eigenvalue weighted by Crippen LogP contribution is -2.03. The van der Waals surface area contributed by atoms with Crippen molar-refractivity contribution in [3.63, 3.8) is 0 Å².